The molecule has 0 unspecified atom stereocenters. The van der Waals surface area contributed by atoms with Crippen molar-refractivity contribution in [2.75, 3.05) is 26.7 Å². The third-order valence-electron chi connectivity index (χ3n) is 4.34. The minimum Gasteiger partial charge on any atom is -0.378 e. The van der Waals surface area contributed by atoms with Crippen LogP contribution >= 0.6 is 0 Å². The van der Waals surface area contributed by atoms with Crippen molar-refractivity contribution >= 4 is 11.0 Å². The fourth-order valence-corrected chi connectivity index (χ4v) is 3.04. The van der Waals surface area contributed by atoms with Crippen LogP contribution < -0.4 is 0 Å². The number of fused-ring (bicyclic) bond motifs is 1. The Kier molecular flexibility index (Phi) is 4.88. The number of ether oxygens (including phenoxy) is 1. The normalized spacial score (nSPS) is 18.9. The lowest BCUT2D eigenvalue weighted by molar-refractivity contribution is 0.0996. The molecule has 3 rings (SSSR count). The second kappa shape index (κ2) is 7.05. The maximum Gasteiger partial charge on any atom is 0.0958 e. The van der Waals surface area contributed by atoms with Gasteiger partial charge in [0.15, 0.2) is 0 Å². The van der Waals surface area contributed by atoms with Crippen molar-refractivity contribution in [2.24, 2.45) is 0 Å². The van der Waals surface area contributed by atoms with Crippen molar-refractivity contribution in [3.63, 3.8) is 0 Å². The summed E-state index contributed by atoms with van der Waals surface area (Å²) < 4.78 is 7.91. The van der Waals surface area contributed by atoms with E-state index in [-0.39, 0.29) is 0 Å². The third-order valence-corrected chi connectivity index (χ3v) is 4.34. The number of hydrogen-bond donors (Lipinski definition) is 0. The minimum atomic E-state index is 0.524. The fraction of sp³-hybridized carbons (Fsp3) is 0.588. The van der Waals surface area contributed by atoms with Gasteiger partial charge in [-0.3, -0.25) is 0 Å². The van der Waals surface area contributed by atoms with Gasteiger partial charge >= 0.3 is 0 Å². The van der Waals surface area contributed by atoms with Crippen LogP contribution in [0.2, 0.25) is 0 Å². The molecule has 0 bridgehead atoms. The minimum absolute atomic E-state index is 0.524. The summed E-state index contributed by atoms with van der Waals surface area (Å²) in [5.41, 5.74) is 2.31. The van der Waals surface area contributed by atoms with Gasteiger partial charge in [-0.05, 0) is 51.4 Å². The quantitative estimate of drug-likeness (QED) is 0.784. The number of para-hydroxylation sites is 2. The summed E-state index contributed by atoms with van der Waals surface area (Å²) in [7, 11) is 2.20. The Balaban J connectivity index is 1.41. The van der Waals surface area contributed by atoms with Crippen LogP contribution in [-0.4, -0.2) is 47.3 Å². The first-order chi connectivity index (χ1) is 10.3. The Morgan fingerprint density at radius 1 is 1.33 bits per heavy atom. The van der Waals surface area contributed by atoms with E-state index in [0.29, 0.717) is 6.10 Å². The van der Waals surface area contributed by atoms with E-state index in [1.807, 2.05) is 12.4 Å². The zero-order chi connectivity index (χ0) is 14.5. The van der Waals surface area contributed by atoms with Crippen molar-refractivity contribution in [2.45, 2.75) is 38.3 Å². The number of benzene rings is 1. The monoisotopic (exact) mass is 287 g/mol. The molecule has 1 fully saturated rings. The zero-order valence-corrected chi connectivity index (χ0v) is 12.9. The molecule has 0 spiro atoms. The highest BCUT2D eigenvalue weighted by Gasteiger charge is 2.14. The van der Waals surface area contributed by atoms with E-state index in [0.717, 1.165) is 31.8 Å². The van der Waals surface area contributed by atoms with Gasteiger partial charge in [-0.2, -0.15) is 0 Å². The molecule has 114 valence electrons. The van der Waals surface area contributed by atoms with Gasteiger partial charge in [0.25, 0.3) is 0 Å². The molecule has 0 aliphatic carbocycles. The predicted octanol–water partition coefficient (Wildman–Crippen LogP) is 2.93. The molecular formula is C17H25N3O. The van der Waals surface area contributed by atoms with Gasteiger partial charge in [0, 0.05) is 19.7 Å². The standard InChI is InChI=1S/C17H25N3O/c1-19(10-4-6-15-7-5-13-21-15)11-12-20-14-18-16-8-2-3-9-17(16)20/h2-3,8-9,14-15H,4-7,10-13H2,1H3/t15-/m0/s1. The molecular weight excluding hydrogens is 262 g/mol. The summed E-state index contributed by atoms with van der Waals surface area (Å²) >= 11 is 0. The van der Waals surface area contributed by atoms with E-state index >= 15 is 0 Å². The van der Waals surface area contributed by atoms with Crippen molar-refractivity contribution in [3.8, 4) is 0 Å². The summed E-state index contributed by atoms with van der Waals surface area (Å²) in [6.07, 6.45) is 7.41. The van der Waals surface area contributed by atoms with Crippen LogP contribution in [0.5, 0.6) is 0 Å². The lowest BCUT2D eigenvalue weighted by Crippen LogP contribution is -2.25. The molecule has 21 heavy (non-hydrogen) atoms. The van der Waals surface area contributed by atoms with E-state index in [1.54, 1.807) is 0 Å². The Morgan fingerprint density at radius 2 is 2.24 bits per heavy atom. The molecule has 1 atom stereocenters. The molecule has 2 aromatic rings. The average Bonchev–Trinajstić information content (AvgIpc) is 3.14. The Morgan fingerprint density at radius 3 is 3.10 bits per heavy atom. The van der Waals surface area contributed by atoms with Crippen LogP contribution in [-0.2, 0) is 11.3 Å². The first-order valence-corrected chi connectivity index (χ1v) is 8.03. The van der Waals surface area contributed by atoms with Gasteiger partial charge in [0.2, 0.25) is 0 Å². The highest BCUT2D eigenvalue weighted by atomic mass is 16.5. The molecule has 0 saturated carbocycles. The van der Waals surface area contributed by atoms with E-state index in [1.165, 1.54) is 31.2 Å². The first-order valence-electron chi connectivity index (χ1n) is 8.03. The van der Waals surface area contributed by atoms with Crippen LogP contribution in [0.3, 0.4) is 0 Å². The average molecular weight is 287 g/mol. The summed E-state index contributed by atoms with van der Waals surface area (Å²) in [6, 6.07) is 8.32. The molecule has 4 nitrogen and oxygen atoms in total. The van der Waals surface area contributed by atoms with Crippen LogP contribution in [0.4, 0.5) is 0 Å². The van der Waals surface area contributed by atoms with E-state index in [2.05, 4.69) is 39.7 Å². The SMILES string of the molecule is CN(CCC[C@H]1CCCO1)CCn1cnc2ccccc21. The molecule has 1 saturated heterocycles. The van der Waals surface area contributed by atoms with Gasteiger partial charge in [0.05, 0.1) is 23.5 Å². The first kappa shape index (κ1) is 14.5. The van der Waals surface area contributed by atoms with Crippen molar-refractivity contribution in [3.05, 3.63) is 30.6 Å². The zero-order valence-electron chi connectivity index (χ0n) is 12.9. The number of nitrogens with zero attached hydrogens (tertiary/aromatic N) is 3. The highest BCUT2D eigenvalue weighted by molar-refractivity contribution is 5.74. The van der Waals surface area contributed by atoms with E-state index in [9.17, 15) is 0 Å². The maximum absolute atomic E-state index is 5.67. The Hall–Kier alpha value is -1.39. The highest BCUT2D eigenvalue weighted by Crippen LogP contribution is 2.17. The molecule has 0 radical (unpaired) electrons. The van der Waals surface area contributed by atoms with Crippen LogP contribution in [0.1, 0.15) is 25.7 Å². The van der Waals surface area contributed by atoms with E-state index < -0.39 is 0 Å². The molecule has 0 N–H and O–H groups in total. The van der Waals surface area contributed by atoms with Crippen molar-refractivity contribution in [1.82, 2.24) is 14.5 Å². The molecule has 4 heteroatoms. The molecule has 1 aromatic heterocycles. The number of hydrogen-bond acceptors (Lipinski definition) is 3. The predicted molar refractivity (Wildman–Crippen MR) is 85.4 cm³/mol. The number of imidazole rings is 1. The van der Waals surface area contributed by atoms with Crippen LogP contribution in [0, 0.1) is 0 Å². The van der Waals surface area contributed by atoms with Crippen LogP contribution in [0.25, 0.3) is 11.0 Å². The van der Waals surface area contributed by atoms with Crippen LogP contribution in [0.15, 0.2) is 30.6 Å². The summed E-state index contributed by atoms with van der Waals surface area (Å²) in [6.45, 7) is 4.17. The maximum atomic E-state index is 5.67. The molecule has 1 aromatic carbocycles. The third kappa shape index (κ3) is 3.83. The summed E-state index contributed by atoms with van der Waals surface area (Å²) in [5.74, 6) is 0. The summed E-state index contributed by atoms with van der Waals surface area (Å²) in [4.78, 5) is 6.85. The fourth-order valence-electron chi connectivity index (χ4n) is 3.04. The summed E-state index contributed by atoms with van der Waals surface area (Å²) in [5, 5.41) is 0. The number of likely N-dealkylation sites (N-methyl/N-ethyl adjacent to an activating group) is 1. The van der Waals surface area contributed by atoms with Gasteiger partial charge < -0.3 is 14.2 Å². The molecule has 1 aliphatic heterocycles. The number of rotatable bonds is 7. The van der Waals surface area contributed by atoms with E-state index in [4.69, 9.17) is 4.74 Å². The van der Waals surface area contributed by atoms with Gasteiger partial charge in [-0.25, -0.2) is 4.98 Å². The van der Waals surface area contributed by atoms with Gasteiger partial charge in [0.1, 0.15) is 0 Å². The largest absolute Gasteiger partial charge is 0.378 e. The molecule has 2 heterocycles. The smallest absolute Gasteiger partial charge is 0.0958 e. The van der Waals surface area contributed by atoms with Crippen molar-refractivity contribution in [1.29, 1.82) is 0 Å². The second-order valence-corrected chi connectivity index (χ2v) is 6.01. The number of aromatic nitrogens is 2. The lowest BCUT2D eigenvalue weighted by atomic mass is 10.1. The molecule has 1 aliphatic rings. The van der Waals surface area contributed by atoms with Crippen molar-refractivity contribution < 1.29 is 4.74 Å². The Labute approximate surface area is 126 Å². The topological polar surface area (TPSA) is 30.3 Å². The van der Waals surface area contributed by atoms with Gasteiger partial charge in [-0.1, -0.05) is 12.1 Å². The van der Waals surface area contributed by atoms with Gasteiger partial charge in [-0.15, -0.1) is 0 Å². The lowest BCUT2D eigenvalue weighted by Gasteiger charge is -2.18. The molecule has 0 amide bonds. The second-order valence-electron chi connectivity index (χ2n) is 6.01. The Bertz CT molecular complexity index is 560.